The summed E-state index contributed by atoms with van der Waals surface area (Å²) >= 11 is 12.5. The van der Waals surface area contributed by atoms with Crippen LogP contribution < -0.4 is 0 Å². The summed E-state index contributed by atoms with van der Waals surface area (Å²) in [5, 5.41) is 0.522. The number of hydrogen-bond donors (Lipinski definition) is 0. The third-order valence-electron chi connectivity index (χ3n) is 3.58. The van der Waals surface area contributed by atoms with Crippen LogP contribution in [0.15, 0.2) is 48.5 Å². The Bertz CT molecular complexity index is 748. The average Bonchev–Trinajstić information content (AvgIpc) is 2.87. The number of benzene rings is 2. The van der Waals surface area contributed by atoms with Crippen LogP contribution in [-0.2, 0) is 13.0 Å². The van der Waals surface area contributed by atoms with E-state index in [1.807, 2.05) is 31.2 Å². The van der Waals surface area contributed by atoms with Crippen LogP contribution in [0.3, 0.4) is 0 Å². The van der Waals surface area contributed by atoms with E-state index in [4.69, 9.17) is 23.2 Å². The summed E-state index contributed by atoms with van der Waals surface area (Å²) in [7, 11) is 0. The number of fused-ring (bicyclic) bond motifs is 1. The number of imidazole rings is 1. The zero-order valence-electron chi connectivity index (χ0n) is 11.8. The van der Waals surface area contributed by atoms with Gasteiger partial charge in [0.25, 0.3) is 0 Å². The van der Waals surface area contributed by atoms with Crippen LogP contribution in [-0.4, -0.2) is 9.55 Å². The fraction of sp³-hybridized carbons (Fsp3) is 0.235. The van der Waals surface area contributed by atoms with Crippen molar-refractivity contribution in [3.8, 4) is 0 Å². The van der Waals surface area contributed by atoms with Gasteiger partial charge in [-0.05, 0) is 31.0 Å². The molecule has 0 saturated carbocycles. The number of alkyl halides is 1. The molecule has 0 N–H and O–H groups in total. The van der Waals surface area contributed by atoms with E-state index < -0.39 is 0 Å². The number of aromatic nitrogens is 2. The molecule has 1 atom stereocenters. The van der Waals surface area contributed by atoms with Gasteiger partial charge in [-0.2, -0.15) is 0 Å². The van der Waals surface area contributed by atoms with Gasteiger partial charge in [-0.1, -0.05) is 48.0 Å². The molecular formula is C17H16Cl2N2. The minimum atomic E-state index is -0.149. The van der Waals surface area contributed by atoms with E-state index in [0.29, 0.717) is 5.02 Å². The summed E-state index contributed by atoms with van der Waals surface area (Å²) in [5.74, 6) is 0.871. The quantitative estimate of drug-likeness (QED) is 0.602. The minimum absolute atomic E-state index is 0.149. The molecule has 0 radical (unpaired) electrons. The van der Waals surface area contributed by atoms with Crippen molar-refractivity contribution in [1.82, 2.24) is 9.55 Å². The van der Waals surface area contributed by atoms with Gasteiger partial charge in [-0.25, -0.2) is 4.98 Å². The molecule has 0 saturated heterocycles. The Labute approximate surface area is 134 Å². The maximum absolute atomic E-state index is 6.29. The van der Waals surface area contributed by atoms with Gasteiger partial charge < -0.3 is 4.57 Å². The summed E-state index contributed by atoms with van der Waals surface area (Å²) in [6.45, 7) is 2.78. The first kappa shape index (κ1) is 14.4. The van der Waals surface area contributed by atoms with Crippen molar-refractivity contribution in [3.05, 3.63) is 64.9 Å². The first-order valence-corrected chi connectivity index (χ1v) is 7.81. The van der Waals surface area contributed by atoms with Gasteiger partial charge in [0.15, 0.2) is 0 Å². The summed E-state index contributed by atoms with van der Waals surface area (Å²) < 4.78 is 2.17. The molecule has 0 aliphatic heterocycles. The van der Waals surface area contributed by atoms with Crippen LogP contribution in [0, 0.1) is 0 Å². The van der Waals surface area contributed by atoms with E-state index in [9.17, 15) is 0 Å². The Morgan fingerprint density at radius 2 is 1.86 bits per heavy atom. The highest BCUT2D eigenvalue weighted by Crippen LogP contribution is 2.29. The lowest BCUT2D eigenvalue weighted by Crippen LogP contribution is -2.06. The smallest absolute Gasteiger partial charge is 0.127 e. The number of para-hydroxylation sites is 1. The van der Waals surface area contributed by atoms with Crippen LogP contribution in [0.1, 0.15) is 23.7 Å². The Hall–Kier alpha value is -1.51. The number of hydrogen-bond acceptors (Lipinski definition) is 1. The highest BCUT2D eigenvalue weighted by atomic mass is 35.5. The molecule has 1 heterocycles. The number of halogens is 2. The maximum atomic E-state index is 6.29. The zero-order chi connectivity index (χ0) is 14.8. The van der Waals surface area contributed by atoms with Crippen molar-refractivity contribution in [1.29, 1.82) is 0 Å². The van der Waals surface area contributed by atoms with Crippen molar-refractivity contribution in [2.24, 2.45) is 0 Å². The third-order valence-corrected chi connectivity index (χ3v) is 4.08. The van der Waals surface area contributed by atoms with Crippen LogP contribution in [0.5, 0.6) is 0 Å². The first-order chi connectivity index (χ1) is 10.2. The van der Waals surface area contributed by atoms with Gasteiger partial charge in [0.05, 0.1) is 15.9 Å². The second-order valence-electron chi connectivity index (χ2n) is 5.08. The van der Waals surface area contributed by atoms with Crippen LogP contribution in [0.2, 0.25) is 5.02 Å². The van der Waals surface area contributed by atoms with Crippen molar-refractivity contribution >= 4 is 34.2 Å². The second kappa shape index (κ2) is 6.08. The molecule has 0 amide bonds. The molecule has 1 aromatic heterocycles. The molecule has 3 aromatic rings. The van der Waals surface area contributed by atoms with E-state index in [1.165, 1.54) is 5.56 Å². The maximum Gasteiger partial charge on any atom is 0.127 e. The van der Waals surface area contributed by atoms with Crippen LogP contribution in [0.25, 0.3) is 11.0 Å². The molecule has 21 heavy (non-hydrogen) atoms. The van der Waals surface area contributed by atoms with Crippen molar-refractivity contribution in [2.45, 2.75) is 25.3 Å². The summed E-state index contributed by atoms with van der Waals surface area (Å²) in [4.78, 5) is 4.62. The lowest BCUT2D eigenvalue weighted by Gasteiger charge is -2.10. The lowest BCUT2D eigenvalue weighted by molar-refractivity contribution is 0.668. The Balaban J connectivity index is 2.00. The van der Waals surface area contributed by atoms with Crippen molar-refractivity contribution in [3.63, 3.8) is 0 Å². The molecule has 0 fully saturated rings. The van der Waals surface area contributed by atoms with Gasteiger partial charge in [-0.3, -0.25) is 0 Å². The van der Waals surface area contributed by atoms with E-state index >= 15 is 0 Å². The van der Waals surface area contributed by atoms with Gasteiger partial charge in [0, 0.05) is 6.54 Å². The fourth-order valence-corrected chi connectivity index (χ4v) is 2.93. The van der Waals surface area contributed by atoms with E-state index in [2.05, 4.69) is 33.8 Å². The average molecular weight is 319 g/mol. The third kappa shape index (κ3) is 2.92. The standard InChI is InChI=1S/C17H16Cl2N2/c1-12(18)17-20-16-14(19)8-5-9-15(16)21(17)11-10-13-6-3-2-4-7-13/h2-9,12H,10-11H2,1H3. The fourth-order valence-electron chi connectivity index (χ4n) is 2.56. The first-order valence-electron chi connectivity index (χ1n) is 6.99. The van der Waals surface area contributed by atoms with Gasteiger partial charge in [0.2, 0.25) is 0 Å². The predicted octanol–water partition coefficient (Wildman–Crippen LogP) is 5.23. The van der Waals surface area contributed by atoms with Crippen molar-refractivity contribution in [2.75, 3.05) is 0 Å². The topological polar surface area (TPSA) is 17.8 Å². The van der Waals surface area contributed by atoms with Crippen LogP contribution >= 0.6 is 23.2 Å². The van der Waals surface area contributed by atoms with Gasteiger partial charge >= 0.3 is 0 Å². The molecule has 0 spiro atoms. The molecule has 3 rings (SSSR count). The normalized spacial score (nSPS) is 12.7. The Morgan fingerprint density at radius 3 is 2.57 bits per heavy atom. The molecule has 0 aliphatic rings. The predicted molar refractivity (Wildman–Crippen MR) is 89.2 cm³/mol. The monoisotopic (exact) mass is 318 g/mol. The molecule has 108 valence electrons. The number of nitrogens with zero attached hydrogens (tertiary/aromatic N) is 2. The van der Waals surface area contributed by atoms with E-state index in [-0.39, 0.29) is 5.38 Å². The van der Waals surface area contributed by atoms with E-state index in [0.717, 1.165) is 29.8 Å². The Morgan fingerprint density at radius 1 is 1.10 bits per heavy atom. The zero-order valence-corrected chi connectivity index (χ0v) is 13.3. The highest BCUT2D eigenvalue weighted by Gasteiger charge is 2.16. The van der Waals surface area contributed by atoms with Crippen molar-refractivity contribution < 1.29 is 0 Å². The molecule has 0 bridgehead atoms. The summed E-state index contributed by atoms with van der Waals surface area (Å²) in [6.07, 6.45) is 0.940. The lowest BCUT2D eigenvalue weighted by atomic mass is 10.1. The minimum Gasteiger partial charge on any atom is -0.326 e. The number of aryl methyl sites for hydroxylation is 2. The van der Waals surface area contributed by atoms with E-state index in [1.54, 1.807) is 0 Å². The molecule has 2 nitrogen and oxygen atoms in total. The number of rotatable bonds is 4. The van der Waals surface area contributed by atoms with Crippen LogP contribution in [0.4, 0.5) is 0 Å². The molecule has 4 heteroatoms. The van der Waals surface area contributed by atoms with Gasteiger partial charge in [0.1, 0.15) is 11.3 Å². The highest BCUT2D eigenvalue weighted by molar-refractivity contribution is 6.35. The summed E-state index contributed by atoms with van der Waals surface area (Å²) in [6, 6.07) is 16.3. The Kier molecular flexibility index (Phi) is 4.18. The molecule has 0 aliphatic carbocycles. The molecule has 2 aromatic carbocycles. The summed E-state index contributed by atoms with van der Waals surface area (Å²) in [5.41, 5.74) is 3.17. The molecular weight excluding hydrogens is 303 g/mol. The van der Waals surface area contributed by atoms with Gasteiger partial charge in [-0.15, -0.1) is 11.6 Å². The SMILES string of the molecule is CC(Cl)c1nc2c(Cl)cccc2n1CCc1ccccc1. The second-order valence-corrected chi connectivity index (χ2v) is 6.14. The largest absolute Gasteiger partial charge is 0.326 e. The molecule has 1 unspecified atom stereocenters.